The van der Waals surface area contributed by atoms with Crippen molar-refractivity contribution in [2.75, 3.05) is 24.6 Å². The summed E-state index contributed by atoms with van der Waals surface area (Å²) in [5, 5.41) is 2.54. The van der Waals surface area contributed by atoms with Gasteiger partial charge in [0.05, 0.1) is 0 Å². The van der Waals surface area contributed by atoms with E-state index in [-0.39, 0.29) is 0 Å². The zero-order valence-electron chi connectivity index (χ0n) is 24.0. The zero-order valence-corrected chi connectivity index (χ0v) is 28.0. The van der Waals surface area contributed by atoms with Gasteiger partial charge in [0.25, 0.3) is 0 Å². The second-order valence-corrected chi connectivity index (χ2v) is 28.6. The molecule has 36 heavy (non-hydrogen) atoms. The predicted molar refractivity (Wildman–Crippen MR) is 170 cm³/mol. The van der Waals surface area contributed by atoms with Crippen molar-refractivity contribution in [3.63, 3.8) is 0 Å². The van der Waals surface area contributed by atoms with Crippen molar-refractivity contribution >= 4 is 55.0 Å². The molecular weight excluding hydrogens is 513 g/mol. The molecule has 6 nitrogen and oxygen atoms in total. The fourth-order valence-electron chi connectivity index (χ4n) is 4.43. The summed E-state index contributed by atoms with van der Waals surface area (Å²) in [6.45, 7) is 19.7. The van der Waals surface area contributed by atoms with Crippen LogP contribution in [0.3, 0.4) is 0 Å². The van der Waals surface area contributed by atoms with E-state index >= 15 is 0 Å². The monoisotopic (exact) mass is 564 g/mol. The molecule has 0 aromatic heterocycles. The lowest BCUT2D eigenvalue weighted by Crippen LogP contribution is -2.57. The van der Waals surface area contributed by atoms with Gasteiger partial charge in [0.1, 0.15) is 0 Å². The van der Waals surface area contributed by atoms with Crippen molar-refractivity contribution in [3.05, 3.63) is 48.5 Å². The smallest absolute Gasteiger partial charge is 0.206 e. The first-order chi connectivity index (χ1) is 16.5. The second-order valence-electron chi connectivity index (χ2n) is 11.8. The Morgan fingerprint density at radius 1 is 0.528 bits per heavy atom. The molecule has 0 saturated carbocycles. The summed E-state index contributed by atoms with van der Waals surface area (Å²) >= 11 is 0. The highest BCUT2D eigenvalue weighted by Gasteiger charge is 2.36. The van der Waals surface area contributed by atoms with Crippen LogP contribution in [0.5, 0.6) is 0 Å². The van der Waals surface area contributed by atoms with Gasteiger partial charge in [-0.15, -0.1) is 0 Å². The number of nitrogens with two attached hydrogens (primary N) is 4. The molecule has 2 rings (SSSR count). The van der Waals surface area contributed by atoms with Crippen LogP contribution in [-0.4, -0.2) is 46.4 Å². The summed E-state index contributed by atoms with van der Waals surface area (Å²) < 4.78 is 13.1. The molecule has 0 radical (unpaired) electrons. The summed E-state index contributed by atoms with van der Waals surface area (Å²) in [6.07, 6.45) is 2.20. The van der Waals surface area contributed by atoms with Crippen LogP contribution >= 0.6 is 0 Å². The van der Waals surface area contributed by atoms with Gasteiger partial charge in [-0.3, -0.25) is 0 Å². The third-order valence-corrected chi connectivity index (χ3v) is 21.3. The molecule has 0 aliphatic carbocycles. The van der Waals surface area contributed by atoms with Gasteiger partial charge in [-0.05, 0) is 125 Å². The minimum absolute atomic E-state index is 0.782. The van der Waals surface area contributed by atoms with Crippen molar-refractivity contribution in [1.82, 2.24) is 0 Å². The van der Waals surface area contributed by atoms with Gasteiger partial charge in [-0.25, -0.2) is 0 Å². The summed E-state index contributed by atoms with van der Waals surface area (Å²) in [6, 6.07) is 18.5. The fraction of sp³-hybridized carbons (Fsp3) is 0.538. The van der Waals surface area contributed by atoms with Gasteiger partial charge >= 0.3 is 0 Å². The standard InChI is InChI=1S/C16H24N2OSi2.C10H28N2OSi2/c1-20(2,15-9-5-13(17)6-10-15)19-21(3,4)16-11-7-14(18)8-12-16;1-14(2,9-5-7-11)13-15(3,4)10-6-8-12/h5-12H,17-18H2,1-4H3;5-12H2,1-4H3. The van der Waals surface area contributed by atoms with Gasteiger partial charge in [0.2, 0.25) is 16.6 Å². The molecule has 0 amide bonds. The first-order valence-corrected chi connectivity index (χ1v) is 25.1. The SMILES string of the molecule is C[Si](C)(CCCN)O[Si](C)(C)CCCN.C[Si](C)(O[Si](C)(C)c1ccc(N)cc1)c1ccc(N)cc1. The first kappa shape index (κ1) is 32.8. The molecule has 0 heterocycles. The molecular formula is C26H52N4O2Si4. The van der Waals surface area contributed by atoms with Crippen molar-refractivity contribution in [3.8, 4) is 0 Å². The van der Waals surface area contributed by atoms with E-state index in [1.165, 1.54) is 22.5 Å². The van der Waals surface area contributed by atoms with E-state index in [2.05, 4.69) is 76.6 Å². The molecule has 2 aromatic carbocycles. The summed E-state index contributed by atoms with van der Waals surface area (Å²) in [5.74, 6) is 0. The maximum Gasteiger partial charge on any atom is 0.206 e. The highest BCUT2D eigenvalue weighted by molar-refractivity contribution is 6.96. The predicted octanol–water partition coefficient (Wildman–Crippen LogP) is 4.50. The maximum atomic E-state index is 6.67. The van der Waals surface area contributed by atoms with E-state index in [0.717, 1.165) is 37.3 Å². The van der Waals surface area contributed by atoms with Crippen LogP contribution in [0.1, 0.15) is 12.8 Å². The average molecular weight is 565 g/mol. The minimum atomic E-state index is -1.96. The van der Waals surface area contributed by atoms with E-state index in [1.807, 2.05) is 24.3 Å². The van der Waals surface area contributed by atoms with Gasteiger partial charge in [-0.1, -0.05) is 24.3 Å². The van der Waals surface area contributed by atoms with E-state index < -0.39 is 33.3 Å². The second kappa shape index (κ2) is 14.1. The number of hydrogen-bond acceptors (Lipinski definition) is 6. The van der Waals surface area contributed by atoms with Crippen molar-refractivity contribution < 1.29 is 8.23 Å². The lowest BCUT2D eigenvalue weighted by atomic mass is 10.3. The van der Waals surface area contributed by atoms with Crippen LogP contribution in [0.25, 0.3) is 0 Å². The number of benzene rings is 2. The zero-order chi connectivity index (χ0) is 27.6. The Hall–Kier alpha value is -1.25. The van der Waals surface area contributed by atoms with Gasteiger partial charge in [0.15, 0.2) is 16.6 Å². The topological polar surface area (TPSA) is 123 Å². The van der Waals surface area contributed by atoms with E-state index in [9.17, 15) is 0 Å². The van der Waals surface area contributed by atoms with Crippen LogP contribution in [0.2, 0.25) is 64.5 Å². The number of rotatable bonds is 12. The summed E-state index contributed by atoms with van der Waals surface area (Å²) in [7, 11) is -6.86. The molecule has 8 N–H and O–H groups in total. The van der Waals surface area contributed by atoms with Crippen LogP contribution in [-0.2, 0) is 8.23 Å². The van der Waals surface area contributed by atoms with Gasteiger partial charge in [-0.2, -0.15) is 0 Å². The van der Waals surface area contributed by atoms with Crippen LogP contribution in [0.4, 0.5) is 11.4 Å². The molecule has 0 aliphatic rings. The molecule has 204 valence electrons. The normalized spacial score (nSPS) is 12.7. The van der Waals surface area contributed by atoms with Crippen LogP contribution < -0.4 is 33.3 Å². The average Bonchev–Trinajstić information content (AvgIpc) is 2.76. The molecule has 2 aromatic rings. The Labute approximate surface area is 224 Å². The molecule has 0 spiro atoms. The quantitative estimate of drug-likeness (QED) is 0.222. The molecule has 0 atom stereocenters. The Morgan fingerprint density at radius 2 is 0.833 bits per heavy atom. The lowest BCUT2D eigenvalue weighted by molar-refractivity contribution is 0.531. The third-order valence-electron chi connectivity index (χ3n) is 6.24. The van der Waals surface area contributed by atoms with E-state index in [1.54, 1.807) is 0 Å². The van der Waals surface area contributed by atoms with Crippen LogP contribution in [0.15, 0.2) is 48.5 Å². The maximum absolute atomic E-state index is 6.67. The highest BCUT2D eigenvalue weighted by atomic mass is 28.4. The Balaban J connectivity index is 0.000000384. The molecule has 0 bridgehead atoms. The minimum Gasteiger partial charge on any atom is -0.455 e. The molecule has 0 unspecified atom stereocenters. The third kappa shape index (κ3) is 11.9. The Kier molecular flexibility index (Phi) is 12.8. The van der Waals surface area contributed by atoms with Crippen molar-refractivity contribution in [1.29, 1.82) is 0 Å². The molecule has 0 fully saturated rings. The Morgan fingerprint density at radius 3 is 1.11 bits per heavy atom. The van der Waals surface area contributed by atoms with E-state index in [0.29, 0.717) is 0 Å². The van der Waals surface area contributed by atoms with Crippen molar-refractivity contribution in [2.45, 2.75) is 77.3 Å². The fourth-order valence-corrected chi connectivity index (χ4v) is 21.3. The molecule has 0 saturated heterocycles. The number of nitrogen functional groups attached to an aromatic ring is 2. The first-order valence-electron chi connectivity index (χ1n) is 13.1. The highest BCUT2D eigenvalue weighted by Crippen LogP contribution is 2.23. The summed E-state index contributed by atoms with van der Waals surface area (Å²) in [4.78, 5) is 0. The number of anilines is 2. The van der Waals surface area contributed by atoms with Crippen LogP contribution in [0, 0.1) is 0 Å². The molecule has 10 heteroatoms. The van der Waals surface area contributed by atoms with E-state index in [4.69, 9.17) is 31.2 Å². The Bertz CT molecular complexity index is 832. The largest absolute Gasteiger partial charge is 0.455 e. The van der Waals surface area contributed by atoms with Gasteiger partial charge < -0.3 is 31.2 Å². The lowest BCUT2D eigenvalue weighted by Gasteiger charge is -2.34. The summed E-state index contributed by atoms with van der Waals surface area (Å²) in [5.41, 5.74) is 24.2. The van der Waals surface area contributed by atoms with Gasteiger partial charge in [0, 0.05) is 11.4 Å². The number of hydrogen-bond donors (Lipinski definition) is 4. The van der Waals surface area contributed by atoms with Crippen molar-refractivity contribution in [2.24, 2.45) is 11.5 Å². The molecule has 0 aliphatic heterocycles.